The average molecular weight is 283 g/mol. The van der Waals surface area contributed by atoms with E-state index in [1.807, 2.05) is 0 Å². The van der Waals surface area contributed by atoms with E-state index in [0.29, 0.717) is 13.0 Å². The van der Waals surface area contributed by atoms with E-state index in [1.54, 1.807) is 0 Å². The zero-order valence-electron chi connectivity index (χ0n) is 12.9. The molecule has 0 aromatic rings. The van der Waals surface area contributed by atoms with Gasteiger partial charge in [-0.05, 0) is 25.2 Å². The Bertz CT molecular complexity index is 315. The van der Waals surface area contributed by atoms with E-state index in [-0.39, 0.29) is 11.8 Å². The molecule has 0 spiro atoms. The van der Waals surface area contributed by atoms with Gasteiger partial charge in [-0.3, -0.25) is 9.59 Å². The lowest BCUT2D eigenvalue weighted by molar-refractivity contribution is -0.146. The third kappa shape index (κ3) is 5.93. The predicted molar refractivity (Wildman–Crippen MR) is 79.4 cm³/mol. The van der Waals surface area contributed by atoms with E-state index in [9.17, 15) is 9.59 Å². The van der Waals surface area contributed by atoms with Crippen LogP contribution in [0.2, 0.25) is 0 Å². The topological polar surface area (TPSA) is 66.4 Å². The SMILES string of the molecule is CC(C)CCCCCCNC(=O)[C@@H]1CCC[C@@H]1C(=O)O. The Balaban J connectivity index is 2.09. The normalized spacial score (nSPS) is 22.1. The van der Waals surface area contributed by atoms with E-state index < -0.39 is 11.9 Å². The first-order valence-corrected chi connectivity index (χ1v) is 8.03. The molecule has 4 heteroatoms. The zero-order valence-corrected chi connectivity index (χ0v) is 12.9. The summed E-state index contributed by atoms with van der Waals surface area (Å²) in [6.07, 6.45) is 8.09. The van der Waals surface area contributed by atoms with E-state index in [4.69, 9.17) is 5.11 Å². The third-order valence-electron chi connectivity index (χ3n) is 4.18. The first kappa shape index (κ1) is 17.0. The minimum absolute atomic E-state index is 0.0583. The van der Waals surface area contributed by atoms with Crippen molar-refractivity contribution in [3.05, 3.63) is 0 Å². The fourth-order valence-corrected chi connectivity index (χ4v) is 2.94. The van der Waals surface area contributed by atoms with Crippen LogP contribution in [0, 0.1) is 17.8 Å². The van der Waals surface area contributed by atoms with Crippen molar-refractivity contribution >= 4 is 11.9 Å². The van der Waals surface area contributed by atoms with E-state index in [0.717, 1.165) is 31.6 Å². The standard InChI is InChI=1S/C16H29NO3/c1-12(2)8-5-3-4-6-11-17-15(18)13-9-7-10-14(13)16(19)20/h12-14H,3-11H2,1-2H3,(H,17,18)(H,19,20)/t13-,14+/m1/s1. The molecule has 20 heavy (non-hydrogen) atoms. The molecule has 0 aromatic heterocycles. The largest absolute Gasteiger partial charge is 0.481 e. The van der Waals surface area contributed by atoms with Crippen molar-refractivity contribution in [2.45, 2.75) is 65.2 Å². The van der Waals surface area contributed by atoms with Gasteiger partial charge in [0.1, 0.15) is 0 Å². The number of amides is 1. The van der Waals surface area contributed by atoms with Gasteiger partial charge in [0.05, 0.1) is 11.8 Å². The quantitative estimate of drug-likeness (QED) is 0.639. The maximum atomic E-state index is 12.0. The van der Waals surface area contributed by atoms with Crippen molar-refractivity contribution in [2.75, 3.05) is 6.54 Å². The summed E-state index contributed by atoms with van der Waals surface area (Å²) in [6.45, 7) is 5.16. The van der Waals surface area contributed by atoms with Crippen LogP contribution in [0.4, 0.5) is 0 Å². The number of hydrogen-bond donors (Lipinski definition) is 2. The summed E-state index contributed by atoms with van der Waals surface area (Å²) in [6, 6.07) is 0. The second-order valence-electron chi connectivity index (χ2n) is 6.37. The Kier molecular flexibility index (Phi) is 7.63. The molecule has 116 valence electrons. The molecule has 1 aliphatic carbocycles. The number of carbonyl (C=O) groups excluding carboxylic acids is 1. The molecule has 1 saturated carbocycles. The predicted octanol–water partition coefficient (Wildman–Crippen LogP) is 3.21. The Hall–Kier alpha value is -1.06. The van der Waals surface area contributed by atoms with Gasteiger partial charge in [-0.15, -0.1) is 0 Å². The Morgan fingerprint density at radius 1 is 1.10 bits per heavy atom. The van der Waals surface area contributed by atoms with Crippen molar-refractivity contribution in [3.8, 4) is 0 Å². The Morgan fingerprint density at radius 2 is 1.75 bits per heavy atom. The zero-order chi connectivity index (χ0) is 15.0. The molecule has 1 fully saturated rings. The van der Waals surface area contributed by atoms with Crippen LogP contribution in [0.1, 0.15) is 65.2 Å². The summed E-state index contributed by atoms with van der Waals surface area (Å²) >= 11 is 0. The van der Waals surface area contributed by atoms with Crippen molar-refractivity contribution in [1.82, 2.24) is 5.32 Å². The molecule has 2 atom stereocenters. The van der Waals surface area contributed by atoms with E-state index in [1.165, 1.54) is 19.3 Å². The van der Waals surface area contributed by atoms with Gasteiger partial charge in [0.2, 0.25) is 5.91 Å². The van der Waals surface area contributed by atoms with Crippen LogP contribution in [0.5, 0.6) is 0 Å². The molecule has 0 bridgehead atoms. The smallest absolute Gasteiger partial charge is 0.307 e. The maximum Gasteiger partial charge on any atom is 0.307 e. The highest BCUT2D eigenvalue weighted by Crippen LogP contribution is 2.31. The van der Waals surface area contributed by atoms with Gasteiger partial charge < -0.3 is 10.4 Å². The minimum atomic E-state index is -0.823. The number of carboxylic acid groups (broad SMARTS) is 1. The lowest BCUT2D eigenvalue weighted by atomic mass is 9.95. The van der Waals surface area contributed by atoms with Crippen LogP contribution >= 0.6 is 0 Å². The van der Waals surface area contributed by atoms with Crippen LogP contribution in [0.15, 0.2) is 0 Å². The van der Waals surface area contributed by atoms with Crippen LogP contribution in [-0.4, -0.2) is 23.5 Å². The van der Waals surface area contributed by atoms with Gasteiger partial charge in [0, 0.05) is 6.54 Å². The molecule has 1 aliphatic rings. The van der Waals surface area contributed by atoms with Crippen molar-refractivity contribution in [1.29, 1.82) is 0 Å². The van der Waals surface area contributed by atoms with Crippen molar-refractivity contribution in [2.24, 2.45) is 17.8 Å². The molecule has 0 radical (unpaired) electrons. The van der Waals surface area contributed by atoms with Gasteiger partial charge in [0.25, 0.3) is 0 Å². The summed E-state index contributed by atoms with van der Waals surface area (Å²) in [5, 5.41) is 12.0. The molecule has 0 unspecified atom stereocenters. The number of carbonyl (C=O) groups is 2. The second-order valence-corrected chi connectivity index (χ2v) is 6.37. The van der Waals surface area contributed by atoms with Gasteiger partial charge in [0.15, 0.2) is 0 Å². The second kappa shape index (κ2) is 8.98. The number of aliphatic carboxylic acids is 1. The number of rotatable bonds is 9. The average Bonchev–Trinajstić information content (AvgIpc) is 2.86. The molecule has 0 aliphatic heterocycles. The Morgan fingerprint density at radius 3 is 2.40 bits per heavy atom. The number of hydrogen-bond acceptors (Lipinski definition) is 2. The maximum absolute atomic E-state index is 12.0. The molecule has 0 heterocycles. The fourth-order valence-electron chi connectivity index (χ4n) is 2.94. The highest BCUT2D eigenvalue weighted by Gasteiger charge is 2.37. The van der Waals surface area contributed by atoms with E-state index in [2.05, 4.69) is 19.2 Å². The Labute approximate surface area is 122 Å². The first-order valence-electron chi connectivity index (χ1n) is 8.03. The lowest BCUT2D eigenvalue weighted by Crippen LogP contribution is -2.35. The first-order chi connectivity index (χ1) is 9.52. The molecule has 0 saturated heterocycles. The molecule has 2 N–H and O–H groups in total. The molecule has 4 nitrogen and oxygen atoms in total. The van der Waals surface area contributed by atoms with Crippen LogP contribution < -0.4 is 5.32 Å². The van der Waals surface area contributed by atoms with Crippen molar-refractivity contribution in [3.63, 3.8) is 0 Å². The monoisotopic (exact) mass is 283 g/mol. The van der Waals surface area contributed by atoms with Gasteiger partial charge >= 0.3 is 5.97 Å². The van der Waals surface area contributed by atoms with Crippen molar-refractivity contribution < 1.29 is 14.7 Å². The summed E-state index contributed by atoms with van der Waals surface area (Å²) in [5.74, 6) is -0.895. The van der Waals surface area contributed by atoms with Gasteiger partial charge in [-0.1, -0.05) is 46.0 Å². The summed E-state index contributed by atoms with van der Waals surface area (Å²) in [4.78, 5) is 23.0. The van der Waals surface area contributed by atoms with Gasteiger partial charge in [-0.25, -0.2) is 0 Å². The van der Waals surface area contributed by atoms with Gasteiger partial charge in [-0.2, -0.15) is 0 Å². The molecule has 0 aromatic carbocycles. The third-order valence-corrected chi connectivity index (χ3v) is 4.18. The summed E-state index contributed by atoms with van der Waals surface area (Å²) in [5.41, 5.74) is 0. The molecule has 1 amide bonds. The number of nitrogens with one attached hydrogen (secondary N) is 1. The van der Waals surface area contributed by atoms with Crippen LogP contribution in [-0.2, 0) is 9.59 Å². The summed E-state index contributed by atoms with van der Waals surface area (Å²) in [7, 11) is 0. The van der Waals surface area contributed by atoms with Crippen LogP contribution in [0.25, 0.3) is 0 Å². The fraction of sp³-hybridized carbons (Fsp3) is 0.875. The van der Waals surface area contributed by atoms with Crippen LogP contribution in [0.3, 0.4) is 0 Å². The lowest BCUT2D eigenvalue weighted by Gasteiger charge is -2.15. The molecule has 1 rings (SSSR count). The highest BCUT2D eigenvalue weighted by molar-refractivity contribution is 5.85. The summed E-state index contributed by atoms with van der Waals surface area (Å²) < 4.78 is 0. The highest BCUT2D eigenvalue weighted by atomic mass is 16.4. The minimum Gasteiger partial charge on any atom is -0.481 e. The number of unbranched alkanes of at least 4 members (excludes halogenated alkanes) is 3. The molecular weight excluding hydrogens is 254 g/mol. The van der Waals surface area contributed by atoms with E-state index >= 15 is 0 Å². The number of carboxylic acids is 1. The molecular formula is C16H29NO3.